The highest BCUT2D eigenvalue weighted by molar-refractivity contribution is 9.10. The molecule has 0 aliphatic rings. The Balaban J connectivity index is 2.34. The summed E-state index contributed by atoms with van der Waals surface area (Å²) in [5, 5.41) is 3.47. The van der Waals surface area contributed by atoms with Crippen molar-refractivity contribution in [3.8, 4) is 0 Å². The molecule has 1 aromatic rings. The molecule has 0 aliphatic heterocycles. The van der Waals surface area contributed by atoms with Crippen molar-refractivity contribution in [1.82, 2.24) is 0 Å². The summed E-state index contributed by atoms with van der Waals surface area (Å²) in [6, 6.07) is 6.28. The Bertz CT molecular complexity index is 302. The predicted octanol–water partition coefficient (Wildman–Crippen LogP) is 4.31. The van der Waals surface area contributed by atoms with Crippen LogP contribution in [-0.2, 0) is 0 Å². The van der Waals surface area contributed by atoms with E-state index in [1.54, 1.807) is 0 Å². The van der Waals surface area contributed by atoms with Crippen molar-refractivity contribution in [2.24, 2.45) is 0 Å². The van der Waals surface area contributed by atoms with Gasteiger partial charge in [-0.05, 0) is 42.5 Å². The first-order valence-corrected chi connectivity index (χ1v) is 7.27. The molecule has 84 valence electrons. The minimum absolute atomic E-state index is 1.06. The van der Waals surface area contributed by atoms with Crippen LogP contribution in [0.25, 0.3) is 0 Å². The van der Waals surface area contributed by atoms with Gasteiger partial charge in [0.2, 0.25) is 0 Å². The highest BCUT2D eigenvalue weighted by Crippen LogP contribution is 2.23. The van der Waals surface area contributed by atoms with Gasteiger partial charge in [-0.15, -0.1) is 0 Å². The Morgan fingerprint density at radius 2 is 2.20 bits per heavy atom. The lowest BCUT2D eigenvalue weighted by atomic mass is 10.2. The maximum atomic E-state index is 3.54. The fourth-order valence-electron chi connectivity index (χ4n) is 1.34. The van der Waals surface area contributed by atoms with E-state index in [0.717, 1.165) is 6.54 Å². The van der Waals surface area contributed by atoms with E-state index in [4.69, 9.17) is 0 Å². The molecule has 0 bridgehead atoms. The Kier molecular flexibility index (Phi) is 6.18. The number of halogens is 1. The summed E-state index contributed by atoms with van der Waals surface area (Å²) in [5.41, 5.74) is 2.53. The number of thioether (sulfide) groups is 1. The van der Waals surface area contributed by atoms with Gasteiger partial charge in [0.05, 0.1) is 0 Å². The van der Waals surface area contributed by atoms with Crippen molar-refractivity contribution in [1.29, 1.82) is 0 Å². The largest absolute Gasteiger partial charge is 0.385 e. The first kappa shape index (κ1) is 12.9. The molecule has 3 heteroatoms. The smallest absolute Gasteiger partial charge is 0.0381 e. The van der Waals surface area contributed by atoms with Crippen LogP contribution in [0.1, 0.15) is 18.9 Å². The normalized spacial score (nSPS) is 10.3. The Labute approximate surface area is 105 Å². The molecule has 0 atom stereocenters. The summed E-state index contributed by atoms with van der Waals surface area (Å²) in [5.74, 6) is 2.46. The zero-order valence-electron chi connectivity index (χ0n) is 9.35. The maximum absolute atomic E-state index is 3.54. The molecule has 0 saturated heterocycles. The van der Waals surface area contributed by atoms with Gasteiger partial charge in [-0.25, -0.2) is 0 Å². The molecule has 0 heterocycles. The zero-order chi connectivity index (χ0) is 11.1. The monoisotopic (exact) mass is 287 g/mol. The van der Waals surface area contributed by atoms with Gasteiger partial charge in [-0.1, -0.05) is 28.9 Å². The van der Waals surface area contributed by atoms with E-state index in [9.17, 15) is 0 Å². The first-order chi connectivity index (χ1) is 7.25. The van der Waals surface area contributed by atoms with Gasteiger partial charge >= 0.3 is 0 Å². The molecular formula is C12H18BrNS. The van der Waals surface area contributed by atoms with E-state index in [2.05, 4.69) is 53.3 Å². The van der Waals surface area contributed by atoms with Gasteiger partial charge in [-0.3, -0.25) is 0 Å². The van der Waals surface area contributed by atoms with Crippen LogP contribution in [0, 0.1) is 6.92 Å². The van der Waals surface area contributed by atoms with Gasteiger partial charge in [0.15, 0.2) is 0 Å². The van der Waals surface area contributed by atoms with Crippen molar-refractivity contribution < 1.29 is 0 Å². The van der Waals surface area contributed by atoms with Crippen molar-refractivity contribution >= 4 is 33.4 Å². The summed E-state index contributed by atoms with van der Waals surface area (Å²) >= 11 is 5.54. The summed E-state index contributed by atoms with van der Waals surface area (Å²) in [6.07, 6.45) is 1.23. The van der Waals surface area contributed by atoms with Gasteiger partial charge in [-0.2, -0.15) is 11.8 Å². The van der Waals surface area contributed by atoms with E-state index in [1.165, 1.54) is 33.7 Å². The molecule has 0 fully saturated rings. The molecular weight excluding hydrogens is 270 g/mol. The van der Waals surface area contributed by atoms with Crippen molar-refractivity contribution in [3.05, 3.63) is 28.2 Å². The second kappa shape index (κ2) is 7.18. The Morgan fingerprint density at radius 3 is 2.93 bits per heavy atom. The molecule has 1 rings (SSSR count). The Morgan fingerprint density at radius 1 is 1.40 bits per heavy atom. The van der Waals surface area contributed by atoms with E-state index in [-0.39, 0.29) is 0 Å². The third-order valence-corrected chi connectivity index (χ3v) is 4.10. The molecule has 0 spiro atoms. The second-order valence-electron chi connectivity index (χ2n) is 3.39. The highest BCUT2D eigenvalue weighted by atomic mass is 79.9. The topological polar surface area (TPSA) is 12.0 Å². The SMILES string of the molecule is CCSCCCNc1cccc(Br)c1C. The molecule has 15 heavy (non-hydrogen) atoms. The zero-order valence-corrected chi connectivity index (χ0v) is 11.7. The molecule has 0 saturated carbocycles. The van der Waals surface area contributed by atoms with E-state index in [1.807, 2.05) is 11.8 Å². The summed E-state index contributed by atoms with van der Waals surface area (Å²) in [6.45, 7) is 5.40. The van der Waals surface area contributed by atoms with Crippen LogP contribution in [0.15, 0.2) is 22.7 Å². The lowest BCUT2D eigenvalue weighted by Gasteiger charge is -2.10. The van der Waals surface area contributed by atoms with Gasteiger partial charge < -0.3 is 5.32 Å². The van der Waals surface area contributed by atoms with Gasteiger partial charge in [0.25, 0.3) is 0 Å². The predicted molar refractivity (Wildman–Crippen MR) is 75.0 cm³/mol. The first-order valence-electron chi connectivity index (χ1n) is 5.32. The van der Waals surface area contributed by atoms with Gasteiger partial charge in [0, 0.05) is 16.7 Å². The molecule has 0 radical (unpaired) electrons. The van der Waals surface area contributed by atoms with Crippen molar-refractivity contribution in [2.45, 2.75) is 20.3 Å². The number of benzene rings is 1. The average Bonchev–Trinajstić information content (AvgIpc) is 2.24. The van der Waals surface area contributed by atoms with Crippen LogP contribution < -0.4 is 5.32 Å². The number of rotatable bonds is 6. The quantitative estimate of drug-likeness (QED) is 0.783. The third kappa shape index (κ3) is 4.47. The van der Waals surface area contributed by atoms with Crippen LogP contribution in [0.2, 0.25) is 0 Å². The minimum atomic E-state index is 1.06. The molecule has 0 aromatic heterocycles. The van der Waals surface area contributed by atoms with E-state index < -0.39 is 0 Å². The third-order valence-electron chi connectivity index (χ3n) is 2.25. The van der Waals surface area contributed by atoms with E-state index in [0.29, 0.717) is 0 Å². The van der Waals surface area contributed by atoms with Crippen LogP contribution in [0.4, 0.5) is 5.69 Å². The van der Waals surface area contributed by atoms with Crippen LogP contribution in [-0.4, -0.2) is 18.1 Å². The standard InChI is InChI=1S/C12H18BrNS/c1-3-15-9-5-8-14-12-7-4-6-11(13)10(12)2/h4,6-7,14H,3,5,8-9H2,1-2H3. The fraction of sp³-hybridized carbons (Fsp3) is 0.500. The average molecular weight is 288 g/mol. The lowest BCUT2D eigenvalue weighted by Crippen LogP contribution is -2.04. The Hall–Kier alpha value is -0.150. The number of anilines is 1. The number of nitrogens with one attached hydrogen (secondary N) is 1. The fourth-order valence-corrected chi connectivity index (χ4v) is 2.34. The molecule has 1 N–H and O–H groups in total. The summed E-state index contributed by atoms with van der Waals surface area (Å²) in [7, 11) is 0. The van der Waals surface area contributed by atoms with E-state index >= 15 is 0 Å². The second-order valence-corrected chi connectivity index (χ2v) is 5.64. The van der Waals surface area contributed by atoms with Crippen LogP contribution >= 0.6 is 27.7 Å². The molecule has 1 nitrogen and oxygen atoms in total. The van der Waals surface area contributed by atoms with Crippen LogP contribution in [0.3, 0.4) is 0 Å². The summed E-state index contributed by atoms with van der Waals surface area (Å²) in [4.78, 5) is 0. The number of hydrogen-bond donors (Lipinski definition) is 1. The number of hydrogen-bond acceptors (Lipinski definition) is 2. The highest BCUT2D eigenvalue weighted by Gasteiger charge is 1.99. The maximum Gasteiger partial charge on any atom is 0.0381 e. The lowest BCUT2D eigenvalue weighted by molar-refractivity contribution is 0.989. The van der Waals surface area contributed by atoms with Crippen LogP contribution in [0.5, 0.6) is 0 Å². The molecule has 0 aliphatic carbocycles. The molecule has 1 aromatic carbocycles. The molecule has 0 unspecified atom stereocenters. The minimum Gasteiger partial charge on any atom is -0.385 e. The van der Waals surface area contributed by atoms with Gasteiger partial charge in [0.1, 0.15) is 0 Å². The molecule has 0 amide bonds. The summed E-state index contributed by atoms with van der Waals surface area (Å²) < 4.78 is 1.18. The van der Waals surface area contributed by atoms with Crippen molar-refractivity contribution in [2.75, 3.05) is 23.4 Å². The van der Waals surface area contributed by atoms with Crippen molar-refractivity contribution in [3.63, 3.8) is 0 Å².